The average Bonchev–Trinajstić information content (AvgIpc) is 2.70. The van der Waals surface area contributed by atoms with Crippen molar-refractivity contribution in [3.05, 3.63) is 30.0 Å². The van der Waals surface area contributed by atoms with E-state index in [1.165, 1.54) is 10.9 Å². The van der Waals surface area contributed by atoms with E-state index in [9.17, 15) is 0 Å². The first-order valence-electron chi connectivity index (χ1n) is 5.71. The van der Waals surface area contributed by atoms with Crippen LogP contribution in [0, 0.1) is 0 Å². The highest BCUT2D eigenvalue weighted by Gasteiger charge is 2.11. The van der Waals surface area contributed by atoms with Crippen LogP contribution in [0.4, 0.5) is 5.82 Å². The lowest BCUT2D eigenvalue weighted by molar-refractivity contribution is 0.780. The van der Waals surface area contributed by atoms with Crippen molar-refractivity contribution in [2.24, 2.45) is 7.05 Å². The summed E-state index contributed by atoms with van der Waals surface area (Å²) in [6.07, 6.45) is 2.99. The first kappa shape index (κ1) is 10.1. The summed E-state index contributed by atoms with van der Waals surface area (Å²) in [5.41, 5.74) is 8.96. The minimum atomic E-state index is 0.501. The summed E-state index contributed by atoms with van der Waals surface area (Å²) in [6, 6.07) is 6.15. The summed E-state index contributed by atoms with van der Waals surface area (Å²) in [5.74, 6) is 0.501. The van der Waals surface area contributed by atoms with Crippen LogP contribution in [0.15, 0.2) is 24.4 Å². The number of hydrogen-bond acceptors (Lipinski definition) is 3. The van der Waals surface area contributed by atoms with Gasteiger partial charge in [-0.3, -0.25) is 4.68 Å². The van der Waals surface area contributed by atoms with E-state index < -0.39 is 0 Å². The monoisotopic (exact) mass is 226 g/mol. The Labute approximate surface area is 99.1 Å². The Bertz CT molecular complexity index is 712. The predicted molar refractivity (Wildman–Crippen MR) is 69.8 cm³/mol. The Kier molecular flexibility index (Phi) is 2.04. The number of aromatic nitrogens is 3. The fraction of sp³-hybridized carbons (Fsp3) is 0.231. The number of nitrogen functional groups attached to an aromatic ring is 1. The molecule has 1 aromatic carbocycles. The van der Waals surface area contributed by atoms with Crippen LogP contribution in [-0.2, 0) is 13.5 Å². The van der Waals surface area contributed by atoms with E-state index in [0.717, 1.165) is 22.8 Å². The number of rotatable bonds is 1. The summed E-state index contributed by atoms with van der Waals surface area (Å²) in [4.78, 5) is 4.43. The lowest BCUT2D eigenvalue weighted by atomic mass is 10.0. The molecule has 0 bridgehead atoms. The lowest BCUT2D eigenvalue weighted by Crippen LogP contribution is -1.95. The summed E-state index contributed by atoms with van der Waals surface area (Å²) in [6.45, 7) is 2.15. The van der Waals surface area contributed by atoms with Gasteiger partial charge in [0.05, 0.1) is 5.52 Å². The molecule has 0 spiro atoms. The van der Waals surface area contributed by atoms with Gasteiger partial charge in [-0.1, -0.05) is 19.1 Å². The van der Waals surface area contributed by atoms with Gasteiger partial charge in [-0.15, -0.1) is 0 Å². The second-order valence-electron chi connectivity index (χ2n) is 4.23. The van der Waals surface area contributed by atoms with Crippen LogP contribution in [-0.4, -0.2) is 14.8 Å². The number of nitrogens with two attached hydrogens (primary N) is 1. The van der Waals surface area contributed by atoms with Crippen LogP contribution in [0.1, 0.15) is 12.5 Å². The number of fused-ring (bicyclic) bond motifs is 3. The zero-order chi connectivity index (χ0) is 12.0. The standard InChI is InChI=1S/C13H14N4/c1-3-8-5-4-6-10-11(8)9-7-17(2)16-12(9)13(14)15-10/h4-7H,3H2,1-2H3,(H2,14,15). The molecule has 2 aromatic heterocycles. The van der Waals surface area contributed by atoms with Crippen LogP contribution >= 0.6 is 0 Å². The Balaban J connectivity index is 2.59. The number of nitrogens with zero attached hydrogens (tertiary/aromatic N) is 3. The van der Waals surface area contributed by atoms with E-state index in [1.807, 2.05) is 25.4 Å². The maximum atomic E-state index is 5.94. The molecule has 2 N–H and O–H groups in total. The maximum absolute atomic E-state index is 5.94. The zero-order valence-corrected chi connectivity index (χ0v) is 9.94. The smallest absolute Gasteiger partial charge is 0.152 e. The summed E-state index contributed by atoms with van der Waals surface area (Å²) >= 11 is 0. The van der Waals surface area contributed by atoms with Crippen molar-refractivity contribution in [1.82, 2.24) is 14.8 Å². The molecule has 4 nitrogen and oxygen atoms in total. The van der Waals surface area contributed by atoms with E-state index in [4.69, 9.17) is 5.73 Å². The van der Waals surface area contributed by atoms with E-state index in [0.29, 0.717) is 5.82 Å². The molecule has 0 saturated heterocycles. The van der Waals surface area contributed by atoms with Crippen LogP contribution in [0.5, 0.6) is 0 Å². The second-order valence-corrected chi connectivity index (χ2v) is 4.23. The van der Waals surface area contributed by atoms with Gasteiger partial charge in [0.25, 0.3) is 0 Å². The van der Waals surface area contributed by atoms with E-state index in [2.05, 4.69) is 23.1 Å². The Morgan fingerprint density at radius 2 is 2.18 bits per heavy atom. The van der Waals surface area contributed by atoms with Crippen LogP contribution < -0.4 is 5.73 Å². The van der Waals surface area contributed by atoms with Crippen molar-refractivity contribution in [1.29, 1.82) is 0 Å². The van der Waals surface area contributed by atoms with Crippen molar-refractivity contribution in [2.75, 3.05) is 5.73 Å². The molecular weight excluding hydrogens is 212 g/mol. The summed E-state index contributed by atoms with van der Waals surface area (Å²) in [7, 11) is 1.90. The second kappa shape index (κ2) is 3.45. The van der Waals surface area contributed by atoms with Gasteiger partial charge in [-0.25, -0.2) is 4.98 Å². The van der Waals surface area contributed by atoms with Gasteiger partial charge in [0.15, 0.2) is 5.82 Å². The molecule has 2 heterocycles. The molecule has 4 heteroatoms. The molecule has 0 fully saturated rings. The average molecular weight is 226 g/mol. The van der Waals surface area contributed by atoms with Gasteiger partial charge in [0.2, 0.25) is 0 Å². The normalized spacial score (nSPS) is 11.4. The van der Waals surface area contributed by atoms with Crippen molar-refractivity contribution in [3.8, 4) is 0 Å². The molecule has 0 aliphatic carbocycles. The molecule has 0 radical (unpaired) electrons. The number of benzene rings is 1. The predicted octanol–water partition coefficient (Wildman–Crippen LogP) is 2.27. The molecular formula is C13H14N4. The number of pyridine rings is 1. The Hall–Kier alpha value is -2.10. The quantitative estimate of drug-likeness (QED) is 0.692. The molecule has 0 aliphatic rings. The van der Waals surface area contributed by atoms with E-state index in [1.54, 1.807) is 4.68 Å². The Morgan fingerprint density at radius 1 is 1.35 bits per heavy atom. The van der Waals surface area contributed by atoms with E-state index >= 15 is 0 Å². The fourth-order valence-corrected chi connectivity index (χ4v) is 2.33. The minimum Gasteiger partial charge on any atom is -0.382 e. The molecule has 0 aliphatic heterocycles. The maximum Gasteiger partial charge on any atom is 0.152 e. The lowest BCUT2D eigenvalue weighted by Gasteiger charge is -2.05. The third-order valence-electron chi connectivity index (χ3n) is 3.09. The van der Waals surface area contributed by atoms with Gasteiger partial charge in [-0.2, -0.15) is 5.10 Å². The topological polar surface area (TPSA) is 56.7 Å². The van der Waals surface area contributed by atoms with Gasteiger partial charge >= 0.3 is 0 Å². The third kappa shape index (κ3) is 1.37. The minimum absolute atomic E-state index is 0.501. The van der Waals surface area contributed by atoms with Gasteiger partial charge in [0, 0.05) is 24.0 Å². The molecule has 3 aromatic rings. The first-order valence-corrected chi connectivity index (χ1v) is 5.71. The zero-order valence-electron chi connectivity index (χ0n) is 9.94. The number of hydrogen-bond donors (Lipinski definition) is 1. The largest absolute Gasteiger partial charge is 0.382 e. The van der Waals surface area contributed by atoms with Crippen molar-refractivity contribution < 1.29 is 0 Å². The molecule has 0 unspecified atom stereocenters. The van der Waals surface area contributed by atoms with Crippen molar-refractivity contribution in [2.45, 2.75) is 13.3 Å². The van der Waals surface area contributed by atoms with Crippen molar-refractivity contribution >= 4 is 27.6 Å². The van der Waals surface area contributed by atoms with Crippen molar-refractivity contribution in [3.63, 3.8) is 0 Å². The molecule has 86 valence electrons. The highest BCUT2D eigenvalue weighted by atomic mass is 15.3. The fourth-order valence-electron chi connectivity index (χ4n) is 2.33. The summed E-state index contributed by atoms with van der Waals surface area (Å²) < 4.78 is 1.79. The van der Waals surface area contributed by atoms with Crippen LogP contribution in [0.25, 0.3) is 21.8 Å². The molecule has 0 saturated carbocycles. The third-order valence-corrected chi connectivity index (χ3v) is 3.09. The first-order chi connectivity index (χ1) is 8.20. The van der Waals surface area contributed by atoms with Crippen LogP contribution in [0.2, 0.25) is 0 Å². The van der Waals surface area contributed by atoms with E-state index in [-0.39, 0.29) is 0 Å². The Morgan fingerprint density at radius 3 is 2.94 bits per heavy atom. The molecule has 3 rings (SSSR count). The SMILES string of the molecule is CCc1cccc2nc(N)c3nn(C)cc3c12. The highest BCUT2D eigenvalue weighted by molar-refractivity contribution is 6.09. The van der Waals surface area contributed by atoms with Gasteiger partial charge < -0.3 is 5.73 Å². The summed E-state index contributed by atoms with van der Waals surface area (Å²) in [5, 5.41) is 6.63. The molecule has 0 atom stereocenters. The van der Waals surface area contributed by atoms with Gasteiger partial charge in [-0.05, 0) is 18.1 Å². The molecule has 0 amide bonds. The highest BCUT2D eigenvalue weighted by Crippen LogP contribution is 2.29. The number of aryl methyl sites for hydroxylation is 2. The van der Waals surface area contributed by atoms with Crippen LogP contribution in [0.3, 0.4) is 0 Å². The molecule has 17 heavy (non-hydrogen) atoms. The van der Waals surface area contributed by atoms with Gasteiger partial charge in [0.1, 0.15) is 5.52 Å². The number of anilines is 1.